The van der Waals surface area contributed by atoms with E-state index in [2.05, 4.69) is 84.3 Å². The minimum Gasteiger partial charge on any atom is -0.308 e. The number of pyridine rings is 1. The zero-order valence-electron chi connectivity index (χ0n) is 12.9. The lowest BCUT2D eigenvalue weighted by molar-refractivity contribution is 0.424. The maximum absolute atomic E-state index is 4.61. The van der Waals surface area contributed by atoms with Gasteiger partial charge >= 0.3 is 0 Å². The summed E-state index contributed by atoms with van der Waals surface area (Å²) in [6.45, 7) is 9.48. The normalized spacial score (nSPS) is 11.7. The van der Waals surface area contributed by atoms with Crippen LogP contribution >= 0.6 is 27.7 Å². The highest BCUT2D eigenvalue weighted by Gasteiger charge is 2.10. The first kappa shape index (κ1) is 16.5. The molecule has 21 heavy (non-hydrogen) atoms. The molecule has 1 heterocycles. The molecule has 1 aromatic heterocycles. The summed E-state index contributed by atoms with van der Waals surface area (Å²) in [5.74, 6) is 0. The van der Waals surface area contributed by atoms with Crippen LogP contribution in [0.2, 0.25) is 0 Å². The first-order chi connectivity index (χ1) is 9.83. The highest BCUT2D eigenvalue weighted by Crippen LogP contribution is 2.29. The lowest BCUT2D eigenvalue weighted by atomic mass is 10.1. The largest absolute Gasteiger partial charge is 0.308 e. The van der Waals surface area contributed by atoms with Crippen LogP contribution in [0.4, 0.5) is 0 Å². The molecule has 2 rings (SSSR count). The molecule has 2 nitrogen and oxygen atoms in total. The quantitative estimate of drug-likeness (QED) is 0.807. The average Bonchev–Trinajstić information content (AvgIpc) is 2.41. The number of aryl methyl sites for hydroxylation is 1. The molecule has 0 radical (unpaired) electrons. The van der Waals surface area contributed by atoms with Crippen LogP contribution in [0.25, 0.3) is 0 Å². The minimum atomic E-state index is 0.124. The number of nitrogens with one attached hydrogen (secondary N) is 1. The summed E-state index contributed by atoms with van der Waals surface area (Å²) in [6.07, 6.45) is 1.97. The van der Waals surface area contributed by atoms with Crippen molar-refractivity contribution in [1.82, 2.24) is 10.3 Å². The molecule has 0 aliphatic carbocycles. The Kier molecular flexibility index (Phi) is 5.47. The zero-order valence-corrected chi connectivity index (χ0v) is 15.3. The van der Waals surface area contributed by atoms with Gasteiger partial charge in [0.1, 0.15) is 5.03 Å². The van der Waals surface area contributed by atoms with Crippen LogP contribution in [0.1, 0.15) is 31.9 Å². The van der Waals surface area contributed by atoms with E-state index in [1.807, 2.05) is 6.20 Å². The van der Waals surface area contributed by atoms with Crippen molar-refractivity contribution < 1.29 is 0 Å². The molecule has 1 aromatic carbocycles. The summed E-state index contributed by atoms with van der Waals surface area (Å²) in [5, 5.41) is 4.56. The highest BCUT2D eigenvalue weighted by atomic mass is 79.9. The highest BCUT2D eigenvalue weighted by molar-refractivity contribution is 9.10. The van der Waals surface area contributed by atoms with E-state index in [1.165, 1.54) is 16.0 Å². The average molecular weight is 365 g/mol. The van der Waals surface area contributed by atoms with Crippen LogP contribution < -0.4 is 5.32 Å². The van der Waals surface area contributed by atoms with Gasteiger partial charge in [-0.2, -0.15) is 0 Å². The molecule has 0 atom stereocenters. The Hall–Kier alpha value is -0.840. The monoisotopic (exact) mass is 364 g/mol. The SMILES string of the molecule is Cc1cc(CNC(C)(C)C)cnc1Sc1ccc(Br)cc1. The second kappa shape index (κ2) is 6.95. The standard InChI is InChI=1S/C17H21BrN2S/c1-12-9-13(11-20-17(2,3)4)10-19-16(12)21-15-7-5-14(18)6-8-15/h5-10,20H,11H2,1-4H3. The van der Waals surface area contributed by atoms with Gasteiger partial charge in [0.15, 0.2) is 0 Å². The van der Waals surface area contributed by atoms with Crippen LogP contribution in [0, 0.1) is 6.92 Å². The van der Waals surface area contributed by atoms with E-state index in [0.29, 0.717) is 0 Å². The summed E-state index contributed by atoms with van der Waals surface area (Å²) in [5.41, 5.74) is 2.57. The summed E-state index contributed by atoms with van der Waals surface area (Å²) >= 11 is 5.16. The summed E-state index contributed by atoms with van der Waals surface area (Å²) in [6, 6.07) is 10.5. The molecule has 0 unspecified atom stereocenters. The van der Waals surface area contributed by atoms with Gasteiger partial charge < -0.3 is 5.32 Å². The predicted octanol–water partition coefficient (Wildman–Crippen LogP) is 5.19. The molecule has 0 saturated carbocycles. The van der Waals surface area contributed by atoms with Gasteiger partial charge in [0.2, 0.25) is 0 Å². The van der Waals surface area contributed by atoms with E-state index in [-0.39, 0.29) is 5.54 Å². The number of hydrogen-bond acceptors (Lipinski definition) is 3. The third-order valence-electron chi connectivity index (χ3n) is 2.94. The lowest BCUT2D eigenvalue weighted by Gasteiger charge is -2.20. The summed E-state index contributed by atoms with van der Waals surface area (Å²) < 4.78 is 1.10. The zero-order chi connectivity index (χ0) is 15.5. The van der Waals surface area contributed by atoms with Crippen molar-refractivity contribution >= 4 is 27.7 Å². The molecule has 0 bridgehead atoms. The van der Waals surface area contributed by atoms with Crippen molar-refractivity contribution in [3.05, 3.63) is 52.1 Å². The van der Waals surface area contributed by atoms with Gasteiger partial charge in [-0.25, -0.2) is 4.98 Å². The fourth-order valence-electron chi connectivity index (χ4n) is 1.81. The van der Waals surface area contributed by atoms with E-state index in [0.717, 1.165) is 16.0 Å². The third-order valence-corrected chi connectivity index (χ3v) is 4.60. The Balaban J connectivity index is 2.07. The van der Waals surface area contributed by atoms with Crippen molar-refractivity contribution in [1.29, 1.82) is 0 Å². The van der Waals surface area contributed by atoms with Gasteiger partial charge in [-0.05, 0) is 63.1 Å². The maximum Gasteiger partial charge on any atom is 0.104 e. The van der Waals surface area contributed by atoms with Crippen LogP contribution in [0.5, 0.6) is 0 Å². The number of halogens is 1. The van der Waals surface area contributed by atoms with Crippen molar-refractivity contribution in [2.45, 2.75) is 49.7 Å². The third kappa shape index (κ3) is 5.46. The summed E-state index contributed by atoms with van der Waals surface area (Å²) in [4.78, 5) is 5.81. The molecule has 2 aromatic rings. The van der Waals surface area contributed by atoms with Crippen molar-refractivity contribution in [2.75, 3.05) is 0 Å². The molecule has 112 valence electrons. The van der Waals surface area contributed by atoms with Crippen LogP contribution in [-0.4, -0.2) is 10.5 Å². The molecular weight excluding hydrogens is 344 g/mol. The Labute approximate surface area is 139 Å². The fraction of sp³-hybridized carbons (Fsp3) is 0.353. The van der Waals surface area contributed by atoms with Gasteiger partial charge in [-0.1, -0.05) is 33.8 Å². The number of hydrogen-bond donors (Lipinski definition) is 1. The molecule has 0 aliphatic heterocycles. The Morgan fingerprint density at radius 3 is 2.43 bits per heavy atom. The van der Waals surface area contributed by atoms with Gasteiger partial charge in [0.05, 0.1) is 0 Å². The second-order valence-corrected chi connectivity index (χ2v) is 8.10. The van der Waals surface area contributed by atoms with E-state index in [1.54, 1.807) is 11.8 Å². The van der Waals surface area contributed by atoms with Crippen molar-refractivity contribution in [2.24, 2.45) is 0 Å². The first-order valence-electron chi connectivity index (χ1n) is 6.97. The van der Waals surface area contributed by atoms with Crippen LogP contribution in [0.15, 0.2) is 50.9 Å². The van der Waals surface area contributed by atoms with E-state index < -0.39 is 0 Å². The van der Waals surface area contributed by atoms with E-state index in [9.17, 15) is 0 Å². The lowest BCUT2D eigenvalue weighted by Crippen LogP contribution is -2.35. The molecule has 4 heteroatoms. The number of benzene rings is 1. The van der Waals surface area contributed by atoms with Gasteiger partial charge in [-0.3, -0.25) is 0 Å². The Morgan fingerprint density at radius 1 is 1.19 bits per heavy atom. The van der Waals surface area contributed by atoms with Gasteiger partial charge in [0.25, 0.3) is 0 Å². The van der Waals surface area contributed by atoms with E-state index in [4.69, 9.17) is 0 Å². The number of aromatic nitrogens is 1. The first-order valence-corrected chi connectivity index (χ1v) is 8.58. The van der Waals surface area contributed by atoms with Crippen LogP contribution in [-0.2, 0) is 6.54 Å². The van der Waals surface area contributed by atoms with Gasteiger partial charge in [0, 0.05) is 27.6 Å². The van der Waals surface area contributed by atoms with Crippen LogP contribution in [0.3, 0.4) is 0 Å². The van der Waals surface area contributed by atoms with Crippen molar-refractivity contribution in [3.8, 4) is 0 Å². The number of nitrogens with zero attached hydrogens (tertiary/aromatic N) is 1. The number of rotatable bonds is 4. The molecule has 1 N–H and O–H groups in total. The smallest absolute Gasteiger partial charge is 0.104 e. The molecule has 0 amide bonds. The molecule has 0 spiro atoms. The molecule has 0 aliphatic rings. The maximum atomic E-state index is 4.61. The Morgan fingerprint density at radius 2 is 1.86 bits per heavy atom. The summed E-state index contributed by atoms with van der Waals surface area (Å²) in [7, 11) is 0. The minimum absolute atomic E-state index is 0.124. The predicted molar refractivity (Wildman–Crippen MR) is 93.8 cm³/mol. The fourth-order valence-corrected chi connectivity index (χ4v) is 2.89. The van der Waals surface area contributed by atoms with Gasteiger partial charge in [-0.15, -0.1) is 0 Å². The second-order valence-electron chi connectivity index (χ2n) is 6.13. The Bertz CT molecular complexity index is 603. The molecular formula is C17H21BrN2S. The van der Waals surface area contributed by atoms with E-state index >= 15 is 0 Å². The molecule has 0 saturated heterocycles. The molecule has 0 fully saturated rings. The topological polar surface area (TPSA) is 24.9 Å². The van der Waals surface area contributed by atoms with Crippen molar-refractivity contribution in [3.63, 3.8) is 0 Å².